The molecule has 0 fully saturated rings. The second kappa shape index (κ2) is 8.94. The zero-order valence-corrected chi connectivity index (χ0v) is 18.4. The lowest BCUT2D eigenvalue weighted by atomic mass is 9.76. The highest BCUT2D eigenvalue weighted by Gasteiger charge is 2.47. The maximum atomic E-state index is 13.2. The number of nitrogens with zero attached hydrogens (tertiary/aromatic N) is 1. The SMILES string of the molecule is COc1ccc([C@@H]2C3=C(OC(=O)[C@@H]2Cc2ccccc2)C(=O)N(Cc2ccccc2)C3)cc1. The first-order valence-electron chi connectivity index (χ1n) is 11.1. The van der Waals surface area contributed by atoms with Crippen molar-refractivity contribution in [2.75, 3.05) is 13.7 Å². The molecule has 0 aliphatic carbocycles. The minimum Gasteiger partial charge on any atom is -0.497 e. The van der Waals surface area contributed by atoms with Crippen molar-refractivity contribution in [2.45, 2.75) is 18.9 Å². The molecule has 166 valence electrons. The van der Waals surface area contributed by atoms with Crippen LogP contribution in [0.25, 0.3) is 0 Å². The minimum absolute atomic E-state index is 0.195. The van der Waals surface area contributed by atoms with Crippen LogP contribution in [0.15, 0.2) is 96.3 Å². The molecule has 3 aromatic carbocycles. The van der Waals surface area contributed by atoms with E-state index in [0.717, 1.165) is 28.0 Å². The molecule has 0 radical (unpaired) electrons. The molecule has 33 heavy (non-hydrogen) atoms. The molecule has 5 nitrogen and oxygen atoms in total. The Hall–Kier alpha value is -3.86. The van der Waals surface area contributed by atoms with Crippen molar-refractivity contribution in [1.29, 1.82) is 0 Å². The van der Waals surface area contributed by atoms with Crippen LogP contribution >= 0.6 is 0 Å². The Morgan fingerprint density at radius 2 is 1.52 bits per heavy atom. The zero-order valence-electron chi connectivity index (χ0n) is 18.4. The highest BCUT2D eigenvalue weighted by Crippen LogP contribution is 2.44. The van der Waals surface area contributed by atoms with E-state index in [0.29, 0.717) is 19.5 Å². The lowest BCUT2D eigenvalue weighted by Gasteiger charge is -2.31. The summed E-state index contributed by atoms with van der Waals surface area (Å²) in [5, 5.41) is 0. The summed E-state index contributed by atoms with van der Waals surface area (Å²) < 4.78 is 11.0. The van der Waals surface area contributed by atoms with E-state index in [9.17, 15) is 9.59 Å². The van der Waals surface area contributed by atoms with Crippen molar-refractivity contribution in [3.63, 3.8) is 0 Å². The molecule has 5 rings (SSSR count). The average molecular weight is 440 g/mol. The van der Waals surface area contributed by atoms with Gasteiger partial charge in [0.05, 0.1) is 13.0 Å². The Balaban J connectivity index is 1.51. The van der Waals surface area contributed by atoms with E-state index in [-0.39, 0.29) is 23.6 Å². The van der Waals surface area contributed by atoms with Crippen LogP contribution in [0.2, 0.25) is 0 Å². The van der Waals surface area contributed by atoms with Crippen LogP contribution in [0, 0.1) is 5.92 Å². The second-order valence-corrected chi connectivity index (χ2v) is 8.47. The number of benzene rings is 3. The van der Waals surface area contributed by atoms with E-state index in [1.807, 2.05) is 84.9 Å². The van der Waals surface area contributed by atoms with Gasteiger partial charge in [0.25, 0.3) is 5.91 Å². The molecule has 2 aliphatic rings. The molecule has 0 aromatic heterocycles. The van der Waals surface area contributed by atoms with Crippen LogP contribution in [0.5, 0.6) is 5.75 Å². The molecule has 3 aromatic rings. The lowest BCUT2D eigenvalue weighted by Crippen LogP contribution is -2.33. The molecular weight excluding hydrogens is 414 g/mol. The van der Waals surface area contributed by atoms with E-state index >= 15 is 0 Å². The number of rotatable bonds is 6. The monoisotopic (exact) mass is 439 g/mol. The van der Waals surface area contributed by atoms with Crippen LogP contribution in [0.4, 0.5) is 0 Å². The number of carbonyl (C=O) groups excluding carboxylic acids is 2. The molecule has 0 bridgehead atoms. The smallest absolute Gasteiger partial charge is 0.315 e. The van der Waals surface area contributed by atoms with Gasteiger partial charge in [-0.05, 0) is 35.2 Å². The highest BCUT2D eigenvalue weighted by atomic mass is 16.5. The molecule has 1 amide bonds. The predicted octanol–water partition coefficient (Wildman–Crippen LogP) is 4.49. The van der Waals surface area contributed by atoms with Gasteiger partial charge in [0, 0.05) is 24.6 Å². The van der Waals surface area contributed by atoms with Gasteiger partial charge in [-0.2, -0.15) is 0 Å². The number of amides is 1. The first kappa shape index (κ1) is 21.0. The summed E-state index contributed by atoms with van der Waals surface area (Å²) in [7, 11) is 1.63. The number of esters is 1. The Bertz CT molecular complexity index is 1190. The van der Waals surface area contributed by atoms with Gasteiger partial charge in [0.15, 0.2) is 5.76 Å². The molecule has 0 unspecified atom stereocenters. The van der Waals surface area contributed by atoms with Gasteiger partial charge >= 0.3 is 5.97 Å². The third-order valence-corrected chi connectivity index (χ3v) is 6.41. The Kier molecular flexibility index (Phi) is 5.69. The fourth-order valence-electron chi connectivity index (χ4n) is 4.78. The van der Waals surface area contributed by atoms with Gasteiger partial charge in [-0.25, -0.2) is 0 Å². The Morgan fingerprint density at radius 3 is 2.15 bits per heavy atom. The zero-order chi connectivity index (χ0) is 22.8. The number of ether oxygens (including phenoxy) is 2. The summed E-state index contributed by atoms with van der Waals surface area (Å²) in [5.74, 6) is -0.284. The summed E-state index contributed by atoms with van der Waals surface area (Å²) in [5.41, 5.74) is 3.96. The first-order valence-corrected chi connectivity index (χ1v) is 11.1. The quantitative estimate of drug-likeness (QED) is 0.531. The number of carbonyl (C=O) groups is 2. The summed E-state index contributed by atoms with van der Waals surface area (Å²) in [6, 6.07) is 27.5. The van der Waals surface area contributed by atoms with E-state index < -0.39 is 5.92 Å². The molecule has 2 heterocycles. The third-order valence-electron chi connectivity index (χ3n) is 6.41. The molecule has 2 aliphatic heterocycles. The Morgan fingerprint density at radius 1 is 0.879 bits per heavy atom. The van der Waals surface area contributed by atoms with E-state index in [1.54, 1.807) is 12.0 Å². The van der Waals surface area contributed by atoms with Crippen LogP contribution in [0.3, 0.4) is 0 Å². The van der Waals surface area contributed by atoms with Crippen LogP contribution in [-0.4, -0.2) is 30.4 Å². The first-order chi connectivity index (χ1) is 16.1. The van der Waals surface area contributed by atoms with Crippen LogP contribution in [0.1, 0.15) is 22.6 Å². The topological polar surface area (TPSA) is 55.8 Å². The minimum atomic E-state index is -0.413. The van der Waals surface area contributed by atoms with Gasteiger partial charge in [-0.1, -0.05) is 72.8 Å². The standard InChI is InChI=1S/C28H25NO4/c1-32-22-14-12-21(13-15-22)25-23(16-19-8-4-2-5-9-19)28(31)33-26-24(25)18-29(27(26)30)17-20-10-6-3-7-11-20/h2-15,23,25H,16-18H2,1H3/t23-,25+/m1/s1. The number of hydrogen-bond acceptors (Lipinski definition) is 4. The third kappa shape index (κ3) is 4.14. The van der Waals surface area contributed by atoms with Gasteiger partial charge in [-0.15, -0.1) is 0 Å². The van der Waals surface area contributed by atoms with Crippen molar-refractivity contribution < 1.29 is 19.1 Å². The average Bonchev–Trinajstić information content (AvgIpc) is 3.15. The van der Waals surface area contributed by atoms with Crippen LogP contribution in [-0.2, 0) is 27.3 Å². The maximum Gasteiger partial charge on any atom is 0.315 e. The summed E-state index contributed by atoms with van der Waals surface area (Å²) in [6.45, 7) is 0.918. The Labute approximate surface area is 193 Å². The second-order valence-electron chi connectivity index (χ2n) is 8.47. The lowest BCUT2D eigenvalue weighted by molar-refractivity contribution is -0.150. The highest BCUT2D eigenvalue weighted by molar-refractivity contribution is 5.99. The van der Waals surface area contributed by atoms with E-state index in [2.05, 4.69) is 0 Å². The maximum absolute atomic E-state index is 13.2. The van der Waals surface area contributed by atoms with Crippen LogP contribution < -0.4 is 4.74 Å². The van der Waals surface area contributed by atoms with E-state index in [4.69, 9.17) is 9.47 Å². The summed E-state index contributed by atoms with van der Waals surface area (Å²) in [4.78, 5) is 28.2. The van der Waals surface area contributed by atoms with Gasteiger partial charge in [0.2, 0.25) is 0 Å². The van der Waals surface area contributed by atoms with Gasteiger partial charge in [0.1, 0.15) is 5.75 Å². The summed E-state index contributed by atoms with van der Waals surface area (Å²) in [6.07, 6.45) is 0.542. The number of methoxy groups -OCH3 is 1. The van der Waals surface area contributed by atoms with Gasteiger partial charge in [-0.3, -0.25) is 9.59 Å². The fourth-order valence-corrected chi connectivity index (χ4v) is 4.78. The molecule has 0 N–H and O–H groups in total. The molecular formula is C28H25NO4. The van der Waals surface area contributed by atoms with Crippen molar-refractivity contribution in [2.24, 2.45) is 5.92 Å². The van der Waals surface area contributed by atoms with Crippen molar-refractivity contribution in [3.8, 4) is 5.75 Å². The van der Waals surface area contributed by atoms with Crippen molar-refractivity contribution in [1.82, 2.24) is 4.90 Å². The normalized spacial score (nSPS) is 20.0. The fraction of sp³-hybridized carbons (Fsp3) is 0.214. The van der Waals surface area contributed by atoms with Gasteiger partial charge < -0.3 is 14.4 Å². The van der Waals surface area contributed by atoms with Crippen molar-refractivity contribution in [3.05, 3.63) is 113 Å². The molecule has 2 atom stereocenters. The van der Waals surface area contributed by atoms with E-state index in [1.165, 1.54) is 0 Å². The molecule has 0 saturated heterocycles. The molecule has 5 heteroatoms. The largest absolute Gasteiger partial charge is 0.497 e. The van der Waals surface area contributed by atoms with Crippen molar-refractivity contribution >= 4 is 11.9 Å². The summed E-state index contributed by atoms with van der Waals surface area (Å²) >= 11 is 0. The molecule has 0 spiro atoms. The number of hydrogen-bond donors (Lipinski definition) is 0. The predicted molar refractivity (Wildman–Crippen MR) is 124 cm³/mol. The molecule has 0 saturated carbocycles.